The molecule has 34 heavy (non-hydrogen) atoms. The number of alkyl halides is 3. The molecule has 0 heterocycles. The minimum atomic E-state index is -4.44. The van der Waals surface area contributed by atoms with Gasteiger partial charge in [-0.05, 0) is 104 Å². The van der Waals surface area contributed by atoms with Gasteiger partial charge in [-0.1, -0.05) is 19.9 Å². The number of carbonyl (C=O) groups excluding carboxylic acids is 2. The summed E-state index contributed by atoms with van der Waals surface area (Å²) in [6.07, 6.45) is 4.14. The Balaban J connectivity index is 1.35. The predicted octanol–water partition coefficient (Wildman–Crippen LogP) is 7.18. The van der Waals surface area contributed by atoms with Crippen molar-refractivity contribution in [2.75, 3.05) is 5.32 Å². The average Bonchev–Trinajstić information content (AvgIpc) is 3.12. The van der Waals surface area contributed by atoms with Gasteiger partial charge in [-0.3, -0.25) is 9.59 Å². The number of fused-ring (bicyclic) bond motifs is 5. The number of nitrogens with one attached hydrogen (secondary N) is 1. The molecule has 7 unspecified atom stereocenters. The van der Waals surface area contributed by atoms with Gasteiger partial charge < -0.3 is 5.32 Å². The fraction of sp³-hybridized carbons (Fsp3) is 0.714. The van der Waals surface area contributed by atoms with E-state index in [4.69, 9.17) is 0 Å². The maximum Gasteiger partial charge on any atom is 0.416 e. The molecule has 0 radical (unpaired) electrons. The lowest BCUT2D eigenvalue weighted by Crippen LogP contribution is -2.54. The second-order valence-corrected chi connectivity index (χ2v) is 12.1. The molecule has 1 aromatic rings. The van der Waals surface area contributed by atoms with Crippen LogP contribution in [0.4, 0.5) is 18.9 Å². The predicted molar refractivity (Wildman–Crippen MR) is 125 cm³/mol. The molecule has 5 rings (SSSR count). The van der Waals surface area contributed by atoms with Gasteiger partial charge in [-0.25, -0.2) is 0 Å². The average molecular weight is 476 g/mol. The molecule has 0 saturated heterocycles. The summed E-state index contributed by atoms with van der Waals surface area (Å²) in [6.45, 7) is 6.40. The summed E-state index contributed by atoms with van der Waals surface area (Å²) < 4.78 is 39.7. The lowest BCUT2D eigenvalue weighted by molar-refractivity contribution is -0.142. The van der Waals surface area contributed by atoms with Gasteiger partial charge in [-0.2, -0.15) is 13.2 Å². The first kappa shape index (κ1) is 23.9. The van der Waals surface area contributed by atoms with Crippen LogP contribution in [-0.4, -0.2) is 11.7 Å². The second kappa shape index (κ2) is 8.09. The van der Waals surface area contributed by atoms with Crippen LogP contribution in [0, 0.1) is 47.3 Å². The third-order valence-electron chi connectivity index (χ3n) is 10.6. The lowest BCUT2D eigenvalue weighted by Gasteiger charge is -2.60. The first-order valence-corrected chi connectivity index (χ1v) is 12.9. The number of carbonyl (C=O) groups is 2. The Morgan fingerprint density at radius 1 is 1.00 bits per heavy atom. The lowest BCUT2D eigenvalue weighted by atomic mass is 9.45. The van der Waals surface area contributed by atoms with Crippen LogP contribution in [0.25, 0.3) is 0 Å². The first-order valence-electron chi connectivity index (χ1n) is 12.9. The van der Waals surface area contributed by atoms with Gasteiger partial charge in [0.25, 0.3) is 0 Å². The normalized spacial score (nSPS) is 39.7. The topological polar surface area (TPSA) is 46.2 Å². The number of amides is 1. The second-order valence-electron chi connectivity index (χ2n) is 12.1. The number of ketones is 1. The molecular formula is C28H36F3NO2. The van der Waals surface area contributed by atoms with Crippen molar-refractivity contribution in [1.82, 2.24) is 0 Å². The van der Waals surface area contributed by atoms with E-state index in [9.17, 15) is 22.8 Å². The minimum absolute atomic E-state index is 0.117. The van der Waals surface area contributed by atoms with Gasteiger partial charge >= 0.3 is 6.18 Å². The van der Waals surface area contributed by atoms with E-state index in [0.29, 0.717) is 41.4 Å². The van der Waals surface area contributed by atoms with Gasteiger partial charge in [-0.15, -0.1) is 0 Å². The van der Waals surface area contributed by atoms with Crippen LogP contribution in [0.15, 0.2) is 18.2 Å². The van der Waals surface area contributed by atoms with Crippen molar-refractivity contribution in [3.05, 3.63) is 29.3 Å². The molecule has 7 atom stereocenters. The minimum Gasteiger partial charge on any atom is -0.326 e. The Morgan fingerprint density at radius 2 is 1.74 bits per heavy atom. The van der Waals surface area contributed by atoms with Crippen molar-refractivity contribution >= 4 is 17.4 Å². The number of hydrogen-bond acceptors (Lipinski definition) is 2. The third kappa shape index (κ3) is 3.71. The molecule has 6 heteroatoms. The monoisotopic (exact) mass is 475 g/mol. The standard InChI is InChI=1S/C28H36F3NO2/c1-16-4-5-18(28(29,30)31)15-24(16)32-25(34)23-9-8-21-20-7-6-17-14-19(33)10-12-26(17,2)22(20)11-13-27(21,23)3/h4-5,15,17,20-23H,6-14H2,1-3H3,(H,32,34). The van der Waals surface area contributed by atoms with Crippen molar-refractivity contribution in [3.63, 3.8) is 0 Å². The number of anilines is 1. The molecule has 0 spiro atoms. The van der Waals surface area contributed by atoms with Crippen LogP contribution in [0.5, 0.6) is 0 Å². The van der Waals surface area contributed by atoms with E-state index in [1.165, 1.54) is 6.07 Å². The fourth-order valence-electron chi connectivity index (χ4n) is 8.63. The van der Waals surface area contributed by atoms with Crippen LogP contribution in [-0.2, 0) is 15.8 Å². The Labute approximate surface area is 200 Å². The van der Waals surface area contributed by atoms with Crippen LogP contribution >= 0.6 is 0 Å². The van der Waals surface area contributed by atoms with Crippen molar-refractivity contribution in [3.8, 4) is 0 Å². The van der Waals surface area contributed by atoms with E-state index < -0.39 is 11.7 Å². The van der Waals surface area contributed by atoms with E-state index in [2.05, 4.69) is 19.2 Å². The Bertz CT molecular complexity index is 1000. The van der Waals surface area contributed by atoms with E-state index in [-0.39, 0.29) is 28.3 Å². The summed E-state index contributed by atoms with van der Waals surface area (Å²) >= 11 is 0. The van der Waals surface area contributed by atoms with Crippen molar-refractivity contribution in [2.45, 2.75) is 84.7 Å². The molecule has 4 aliphatic carbocycles. The molecular weight excluding hydrogens is 439 g/mol. The van der Waals surface area contributed by atoms with Gasteiger partial charge in [0.05, 0.1) is 5.56 Å². The molecule has 1 N–H and O–H groups in total. The van der Waals surface area contributed by atoms with Crippen LogP contribution in [0.3, 0.4) is 0 Å². The highest BCUT2D eigenvalue weighted by Gasteiger charge is 2.61. The van der Waals surface area contributed by atoms with Crippen molar-refractivity contribution in [1.29, 1.82) is 0 Å². The molecule has 0 aromatic heterocycles. The van der Waals surface area contributed by atoms with E-state index in [1.54, 1.807) is 6.92 Å². The molecule has 186 valence electrons. The molecule has 3 nitrogen and oxygen atoms in total. The summed E-state index contributed by atoms with van der Waals surface area (Å²) in [5, 5.41) is 2.88. The number of benzene rings is 1. The molecule has 1 amide bonds. The first-order chi connectivity index (χ1) is 15.9. The molecule has 4 fully saturated rings. The molecule has 4 aliphatic rings. The van der Waals surface area contributed by atoms with Gasteiger partial charge in [0, 0.05) is 24.4 Å². The Hall–Kier alpha value is -1.85. The zero-order valence-electron chi connectivity index (χ0n) is 20.4. The Kier molecular flexibility index (Phi) is 5.68. The zero-order chi connectivity index (χ0) is 24.5. The largest absolute Gasteiger partial charge is 0.416 e. The number of hydrogen-bond donors (Lipinski definition) is 1. The summed E-state index contributed by atoms with van der Waals surface area (Å²) in [6, 6.07) is 3.55. The van der Waals surface area contributed by atoms with Crippen molar-refractivity contribution < 1.29 is 22.8 Å². The summed E-state index contributed by atoms with van der Waals surface area (Å²) in [5.74, 6) is 2.29. The van der Waals surface area contributed by atoms with Crippen molar-refractivity contribution in [2.24, 2.45) is 40.4 Å². The van der Waals surface area contributed by atoms with E-state index in [1.807, 2.05) is 0 Å². The summed E-state index contributed by atoms with van der Waals surface area (Å²) in [5.41, 5.74) is 0.283. The van der Waals surface area contributed by atoms with Crippen LogP contribution in [0.2, 0.25) is 0 Å². The van der Waals surface area contributed by atoms with E-state index in [0.717, 1.165) is 63.5 Å². The number of Topliss-reactive ketones (excluding diaryl/α,β-unsaturated/α-hetero) is 1. The van der Waals surface area contributed by atoms with Gasteiger partial charge in [0.1, 0.15) is 5.78 Å². The SMILES string of the molecule is Cc1ccc(C(F)(F)F)cc1NC(=O)C1CCC2C3CCC4CC(=O)CCC4(C)C3CCC12C. The van der Waals surface area contributed by atoms with Crippen LogP contribution < -0.4 is 5.32 Å². The quantitative estimate of drug-likeness (QED) is 0.492. The molecule has 0 bridgehead atoms. The fourth-order valence-corrected chi connectivity index (χ4v) is 8.63. The van der Waals surface area contributed by atoms with Gasteiger partial charge in [0.15, 0.2) is 0 Å². The highest BCUT2D eigenvalue weighted by molar-refractivity contribution is 5.94. The summed E-state index contributed by atoms with van der Waals surface area (Å²) in [7, 11) is 0. The Morgan fingerprint density at radius 3 is 2.47 bits per heavy atom. The maximum absolute atomic E-state index is 13.4. The third-order valence-corrected chi connectivity index (χ3v) is 10.6. The van der Waals surface area contributed by atoms with Crippen LogP contribution in [0.1, 0.15) is 82.8 Å². The number of aryl methyl sites for hydroxylation is 1. The molecule has 4 saturated carbocycles. The molecule has 0 aliphatic heterocycles. The van der Waals surface area contributed by atoms with Gasteiger partial charge in [0.2, 0.25) is 5.91 Å². The smallest absolute Gasteiger partial charge is 0.326 e. The maximum atomic E-state index is 13.4. The number of rotatable bonds is 2. The van der Waals surface area contributed by atoms with E-state index >= 15 is 0 Å². The highest BCUT2D eigenvalue weighted by Crippen LogP contribution is 2.67. The zero-order valence-corrected chi connectivity index (χ0v) is 20.4. The highest BCUT2D eigenvalue weighted by atomic mass is 19.4. The summed E-state index contributed by atoms with van der Waals surface area (Å²) in [4.78, 5) is 25.6. The molecule has 1 aromatic carbocycles. The number of halogens is 3.